The minimum Gasteiger partial charge on any atom is -0.455 e. The predicted octanol–water partition coefficient (Wildman–Crippen LogP) is 4.64. The van der Waals surface area contributed by atoms with Crippen LogP contribution in [-0.2, 0) is 6.42 Å². The van der Waals surface area contributed by atoms with Gasteiger partial charge in [0.1, 0.15) is 5.76 Å². The van der Waals surface area contributed by atoms with Crippen LogP contribution in [0.25, 0.3) is 22.3 Å². The van der Waals surface area contributed by atoms with Crippen LogP contribution in [0, 0.1) is 0 Å². The van der Waals surface area contributed by atoms with Gasteiger partial charge in [0.2, 0.25) is 0 Å². The lowest BCUT2D eigenvalue weighted by Crippen LogP contribution is -2.17. The summed E-state index contributed by atoms with van der Waals surface area (Å²) in [6, 6.07) is 16.2. The fourth-order valence-electron chi connectivity index (χ4n) is 2.35. The van der Waals surface area contributed by atoms with Crippen LogP contribution < -0.4 is 5.73 Å². The van der Waals surface area contributed by atoms with Crippen molar-refractivity contribution in [3.63, 3.8) is 0 Å². The van der Waals surface area contributed by atoms with E-state index in [9.17, 15) is 0 Å². The number of halogens is 1. The van der Waals surface area contributed by atoms with E-state index in [2.05, 4.69) is 24.3 Å². The molecular weight excluding hydrogens is 270 g/mol. The predicted molar refractivity (Wildman–Crippen MR) is 84.0 cm³/mol. The Morgan fingerprint density at radius 3 is 2.55 bits per heavy atom. The number of hydrogen-bond acceptors (Lipinski definition) is 2. The fraction of sp³-hybridized carbons (Fsp3) is 0.176. The maximum Gasteiger partial charge on any atom is 0.153 e. The normalized spacial score (nSPS) is 12.8. The summed E-state index contributed by atoms with van der Waals surface area (Å²) in [5.41, 5.74) is 8.83. The molecule has 3 aromatic rings. The summed E-state index contributed by atoms with van der Waals surface area (Å²) in [5, 5.41) is 1.66. The summed E-state index contributed by atoms with van der Waals surface area (Å²) in [4.78, 5) is 0. The first-order chi connectivity index (χ1) is 9.63. The van der Waals surface area contributed by atoms with Crippen molar-refractivity contribution in [2.24, 2.45) is 5.73 Å². The quantitative estimate of drug-likeness (QED) is 0.761. The Morgan fingerprint density at radius 1 is 1.15 bits per heavy atom. The monoisotopic (exact) mass is 285 g/mol. The molecule has 0 amide bonds. The Hall–Kier alpha value is -1.77. The van der Waals surface area contributed by atoms with Crippen LogP contribution in [0.4, 0.5) is 0 Å². The zero-order valence-corrected chi connectivity index (χ0v) is 12.0. The molecule has 0 saturated carbocycles. The number of furan rings is 1. The molecule has 0 bridgehead atoms. The zero-order chi connectivity index (χ0) is 14.1. The summed E-state index contributed by atoms with van der Waals surface area (Å²) < 4.78 is 5.85. The van der Waals surface area contributed by atoms with Gasteiger partial charge in [-0.2, -0.15) is 0 Å². The van der Waals surface area contributed by atoms with Gasteiger partial charge in [-0.05, 0) is 31.0 Å². The maximum atomic E-state index is 6.13. The van der Waals surface area contributed by atoms with Crippen LogP contribution in [0.15, 0.2) is 52.9 Å². The van der Waals surface area contributed by atoms with Gasteiger partial charge < -0.3 is 10.2 Å². The summed E-state index contributed by atoms with van der Waals surface area (Å²) in [6.45, 7) is 2.01. The number of benzene rings is 2. The van der Waals surface area contributed by atoms with E-state index in [0.29, 0.717) is 5.02 Å². The van der Waals surface area contributed by atoms with E-state index in [1.54, 1.807) is 0 Å². The highest BCUT2D eigenvalue weighted by molar-refractivity contribution is 6.34. The van der Waals surface area contributed by atoms with Crippen molar-refractivity contribution in [1.82, 2.24) is 0 Å². The smallest absolute Gasteiger partial charge is 0.153 e. The van der Waals surface area contributed by atoms with Crippen molar-refractivity contribution in [2.75, 3.05) is 0 Å². The fourth-order valence-corrected chi connectivity index (χ4v) is 2.57. The highest BCUT2D eigenvalue weighted by Crippen LogP contribution is 2.32. The van der Waals surface area contributed by atoms with Gasteiger partial charge in [0, 0.05) is 17.0 Å². The number of fused-ring (bicyclic) bond motifs is 1. The first kappa shape index (κ1) is 13.2. The number of para-hydroxylation sites is 1. The van der Waals surface area contributed by atoms with E-state index in [1.807, 2.05) is 31.2 Å². The van der Waals surface area contributed by atoms with Gasteiger partial charge in [-0.1, -0.05) is 48.0 Å². The number of nitrogens with two attached hydrogens (primary N) is 1. The van der Waals surface area contributed by atoms with E-state index in [-0.39, 0.29) is 6.04 Å². The van der Waals surface area contributed by atoms with Crippen LogP contribution in [-0.4, -0.2) is 6.04 Å². The molecule has 2 N–H and O–H groups in total. The standard InChI is InChI=1S/C17H16ClNO/c1-11(19)9-12-5-7-13(8-6-12)16-10-14-3-2-4-15(18)17(14)20-16/h2-8,10-11H,9,19H2,1H3. The van der Waals surface area contributed by atoms with Gasteiger partial charge >= 0.3 is 0 Å². The number of hydrogen-bond donors (Lipinski definition) is 1. The van der Waals surface area contributed by atoms with Crippen LogP contribution in [0.1, 0.15) is 12.5 Å². The molecular formula is C17H16ClNO. The van der Waals surface area contributed by atoms with Crippen LogP contribution in [0.3, 0.4) is 0 Å². The van der Waals surface area contributed by atoms with Crippen LogP contribution in [0.5, 0.6) is 0 Å². The van der Waals surface area contributed by atoms with Crippen LogP contribution >= 0.6 is 11.6 Å². The van der Waals surface area contributed by atoms with Crippen LogP contribution in [0.2, 0.25) is 5.02 Å². The average Bonchev–Trinajstić information content (AvgIpc) is 2.84. The molecule has 0 spiro atoms. The zero-order valence-electron chi connectivity index (χ0n) is 11.3. The van der Waals surface area contributed by atoms with Crippen molar-refractivity contribution in [1.29, 1.82) is 0 Å². The Balaban J connectivity index is 1.96. The summed E-state index contributed by atoms with van der Waals surface area (Å²) >= 11 is 6.13. The van der Waals surface area contributed by atoms with E-state index in [1.165, 1.54) is 5.56 Å². The molecule has 1 heterocycles. The molecule has 2 nitrogen and oxygen atoms in total. The minimum atomic E-state index is 0.172. The summed E-state index contributed by atoms with van der Waals surface area (Å²) in [7, 11) is 0. The van der Waals surface area contributed by atoms with Crippen molar-refractivity contribution >= 4 is 22.6 Å². The third-order valence-electron chi connectivity index (χ3n) is 3.29. The third kappa shape index (κ3) is 2.58. The molecule has 0 aliphatic rings. The Kier molecular flexibility index (Phi) is 3.51. The highest BCUT2D eigenvalue weighted by Gasteiger charge is 2.08. The topological polar surface area (TPSA) is 39.2 Å². The van der Waals surface area contributed by atoms with Crippen molar-refractivity contribution in [3.8, 4) is 11.3 Å². The second-order valence-electron chi connectivity index (χ2n) is 5.15. The average molecular weight is 286 g/mol. The van der Waals surface area contributed by atoms with Gasteiger partial charge in [-0.25, -0.2) is 0 Å². The third-order valence-corrected chi connectivity index (χ3v) is 3.59. The molecule has 20 heavy (non-hydrogen) atoms. The second-order valence-corrected chi connectivity index (χ2v) is 5.55. The van der Waals surface area contributed by atoms with Crippen molar-refractivity contribution < 1.29 is 4.42 Å². The molecule has 1 atom stereocenters. The molecule has 0 saturated heterocycles. The van der Waals surface area contributed by atoms with Gasteiger partial charge in [-0.15, -0.1) is 0 Å². The largest absolute Gasteiger partial charge is 0.455 e. The van der Waals surface area contributed by atoms with E-state index in [4.69, 9.17) is 21.8 Å². The molecule has 0 aliphatic carbocycles. The van der Waals surface area contributed by atoms with Gasteiger partial charge in [0.25, 0.3) is 0 Å². The molecule has 2 aromatic carbocycles. The first-order valence-corrected chi connectivity index (χ1v) is 7.04. The number of rotatable bonds is 3. The van der Waals surface area contributed by atoms with Crippen molar-refractivity contribution in [2.45, 2.75) is 19.4 Å². The lowest BCUT2D eigenvalue weighted by atomic mass is 10.0. The molecule has 0 radical (unpaired) electrons. The van der Waals surface area contributed by atoms with E-state index in [0.717, 1.165) is 28.7 Å². The maximum absolute atomic E-state index is 6.13. The molecule has 1 aromatic heterocycles. The van der Waals surface area contributed by atoms with E-state index < -0.39 is 0 Å². The van der Waals surface area contributed by atoms with Gasteiger partial charge in [-0.3, -0.25) is 0 Å². The Bertz CT molecular complexity index is 728. The minimum absolute atomic E-state index is 0.172. The summed E-state index contributed by atoms with van der Waals surface area (Å²) in [6.07, 6.45) is 0.881. The molecule has 0 aliphatic heterocycles. The van der Waals surface area contributed by atoms with Crippen molar-refractivity contribution in [3.05, 3.63) is 59.1 Å². The molecule has 1 unspecified atom stereocenters. The Morgan fingerprint density at radius 2 is 1.90 bits per heavy atom. The lowest BCUT2D eigenvalue weighted by molar-refractivity contribution is 0.631. The van der Waals surface area contributed by atoms with Gasteiger partial charge in [0.15, 0.2) is 5.58 Å². The molecule has 3 rings (SSSR count). The SMILES string of the molecule is CC(N)Cc1ccc(-c2cc3cccc(Cl)c3o2)cc1. The first-order valence-electron chi connectivity index (χ1n) is 6.66. The Labute approximate surface area is 123 Å². The van der Waals surface area contributed by atoms with E-state index >= 15 is 0 Å². The second kappa shape index (κ2) is 5.31. The van der Waals surface area contributed by atoms with Gasteiger partial charge in [0.05, 0.1) is 5.02 Å². The molecule has 0 fully saturated rings. The molecule has 3 heteroatoms. The summed E-state index contributed by atoms with van der Waals surface area (Å²) in [5.74, 6) is 0.834. The lowest BCUT2D eigenvalue weighted by Gasteiger charge is -2.05. The molecule has 102 valence electrons. The highest BCUT2D eigenvalue weighted by atomic mass is 35.5.